The first-order chi connectivity index (χ1) is 16.1. The van der Waals surface area contributed by atoms with Crippen LogP contribution in [0.25, 0.3) is 39.6 Å². The van der Waals surface area contributed by atoms with Crippen molar-refractivity contribution in [2.45, 2.75) is 0 Å². The Morgan fingerprint density at radius 3 is 2.42 bits per heavy atom. The molecule has 0 aliphatic carbocycles. The number of ether oxygens (including phenoxy) is 2. The normalized spacial score (nSPS) is 11.5. The maximum atomic E-state index is 13.5. The molecule has 0 aliphatic rings. The summed E-state index contributed by atoms with van der Waals surface area (Å²) in [5.74, 6) is 2.04. The monoisotopic (exact) mass is 549 g/mol. The van der Waals surface area contributed by atoms with Gasteiger partial charge in [-0.25, -0.2) is 4.98 Å². The summed E-state index contributed by atoms with van der Waals surface area (Å²) in [5.41, 5.74) is 3.23. The number of halogens is 1. The fraction of sp³-hybridized carbons (Fsp3) is 0.0769. The molecule has 0 amide bonds. The number of aromatic amines is 1. The Labute approximate surface area is 203 Å². The molecule has 0 bridgehead atoms. The van der Waals surface area contributed by atoms with Gasteiger partial charge >= 0.3 is 0 Å². The third-order valence-corrected chi connectivity index (χ3v) is 6.19. The SMILES string of the molecule is COc1ccc(-n2c(C=Cc3c[nH]c4ccc(OC)cc34)nc3ccc(I)cc3c2=O)cc1. The average molecular weight is 549 g/mol. The van der Waals surface area contributed by atoms with Gasteiger partial charge in [-0.2, -0.15) is 0 Å². The van der Waals surface area contributed by atoms with E-state index in [0.717, 1.165) is 31.5 Å². The maximum absolute atomic E-state index is 13.5. The molecule has 0 radical (unpaired) electrons. The van der Waals surface area contributed by atoms with Crippen LogP contribution in [-0.2, 0) is 0 Å². The maximum Gasteiger partial charge on any atom is 0.266 e. The summed E-state index contributed by atoms with van der Waals surface area (Å²) in [6, 6.07) is 19.0. The molecule has 2 heterocycles. The van der Waals surface area contributed by atoms with E-state index in [1.54, 1.807) is 18.8 Å². The Hall–Kier alpha value is -3.59. The number of aromatic nitrogens is 3. The number of nitrogens with one attached hydrogen (secondary N) is 1. The average Bonchev–Trinajstić information content (AvgIpc) is 3.25. The van der Waals surface area contributed by atoms with Gasteiger partial charge in [0.2, 0.25) is 0 Å². The Bertz CT molecular complexity index is 1570. The van der Waals surface area contributed by atoms with Crippen molar-refractivity contribution < 1.29 is 9.47 Å². The first kappa shape index (κ1) is 21.3. The third-order valence-electron chi connectivity index (χ3n) is 5.52. The molecule has 0 saturated carbocycles. The minimum atomic E-state index is -0.121. The van der Waals surface area contributed by atoms with E-state index in [0.29, 0.717) is 22.4 Å². The highest BCUT2D eigenvalue weighted by molar-refractivity contribution is 14.1. The summed E-state index contributed by atoms with van der Waals surface area (Å²) in [7, 11) is 3.27. The summed E-state index contributed by atoms with van der Waals surface area (Å²) in [4.78, 5) is 21.6. The Kier molecular flexibility index (Phi) is 5.63. The topological polar surface area (TPSA) is 69.1 Å². The molecule has 2 aromatic heterocycles. The minimum Gasteiger partial charge on any atom is -0.497 e. The Balaban J connectivity index is 1.70. The lowest BCUT2D eigenvalue weighted by molar-refractivity contribution is 0.414. The molecular weight excluding hydrogens is 529 g/mol. The van der Waals surface area contributed by atoms with E-state index in [9.17, 15) is 4.79 Å². The number of fused-ring (bicyclic) bond motifs is 2. The van der Waals surface area contributed by atoms with E-state index in [1.165, 1.54) is 0 Å². The Morgan fingerprint density at radius 1 is 0.909 bits per heavy atom. The second-order valence-electron chi connectivity index (χ2n) is 7.46. The van der Waals surface area contributed by atoms with E-state index in [2.05, 4.69) is 27.6 Å². The summed E-state index contributed by atoms with van der Waals surface area (Å²) in [5, 5.41) is 1.60. The van der Waals surface area contributed by atoms with Crippen LogP contribution in [0.1, 0.15) is 11.4 Å². The van der Waals surface area contributed by atoms with Crippen molar-refractivity contribution in [3.63, 3.8) is 0 Å². The summed E-state index contributed by atoms with van der Waals surface area (Å²) < 4.78 is 13.3. The van der Waals surface area contributed by atoms with Gasteiger partial charge in [0, 0.05) is 26.2 Å². The zero-order chi connectivity index (χ0) is 22.9. The fourth-order valence-electron chi connectivity index (χ4n) is 3.82. The molecule has 6 nitrogen and oxygen atoms in total. The van der Waals surface area contributed by atoms with Crippen LogP contribution in [0.3, 0.4) is 0 Å². The summed E-state index contributed by atoms with van der Waals surface area (Å²) in [6.45, 7) is 0. The number of nitrogens with zero attached hydrogens (tertiary/aromatic N) is 2. The van der Waals surface area contributed by atoms with Gasteiger partial charge in [0.05, 0.1) is 30.8 Å². The van der Waals surface area contributed by atoms with Gasteiger partial charge in [-0.15, -0.1) is 0 Å². The van der Waals surface area contributed by atoms with Crippen LogP contribution >= 0.6 is 22.6 Å². The van der Waals surface area contributed by atoms with E-state index < -0.39 is 0 Å². The van der Waals surface area contributed by atoms with E-state index in [1.807, 2.05) is 79.0 Å². The second-order valence-corrected chi connectivity index (χ2v) is 8.70. The quantitative estimate of drug-likeness (QED) is 0.288. The third kappa shape index (κ3) is 4.00. The van der Waals surface area contributed by atoms with Gasteiger partial charge in [-0.1, -0.05) is 0 Å². The lowest BCUT2D eigenvalue weighted by Gasteiger charge is -2.12. The van der Waals surface area contributed by atoms with Crippen LogP contribution in [0.5, 0.6) is 11.5 Å². The molecule has 3 aromatic carbocycles. The predicted molar refractivity (Wildman–Crippen MR) is 140 cm³/mol. The lowest BCUT2D eigenvalue weighted by Crippen LogP contribution is -2.22. The van der Waals surface area contributed by atoms with Gasteiger partial charge in [0.15, 0.2) is 0 Å². The number of rotatable bonds is 5. The highest BCUT2D eigenvalue weighted by atomic mass is 127. The van der Waals surface area contributed by atoms with Crippen molar-refractivity contribution in [2.24, 2.45) is 0 Å². The second kappa shape index (κ2) is 8.74. The largest absolute Gasteiger partial charge is 0.497 e. The van der Waals surface area contributed by atoms with Gasteiger partial charge in [-0.05, 0) is 95.4 Å². The van der Waals surface area contributed by atoms with Crippen molar-refractivity contribution in [1.82, 2.24) is 14.5 Å². The number of methoxy groups -OCH3 is 2. The first-order valence-electron chi connectivity index (χ1n) is 10.3. The molecule has 0 aliphatic heterocycles. The number of hydrogen-bond donors (Lipinski definition) is 1. The highest BCUT2D eigenvalue weighted by Crippen LogP contribution is 2.25. The Morgan fingerprint density at radius 2 is 1.67 bits per heavy atom. The van der Waals surface area contributed by atoms with Crippen molar-refractivity contribution >= 4 is 56.5 Å². The number of hydrogen-bond acceptors (Lipinski definition) is 4. The van der Waals surface area contributed by atoms with E-state index in [-0.39, 0.29) is 5.56 Å². The van der Waals surface area contributed by atoms with Crippen LogP contribution in [0.15, 0.2) is 71.7 Å². The van der Waals surface area contributed by atoms with Crippen molar-refractivity contribution in [3.05, 3.63) is 92.2 Å². The molecule has 1 N–H and O–H groups in total. The number of H-pyrrole nitrogens is 1. The van der Waals surface area contributed by atoms with Crippen LogP contribution in [0.4, 0.5) is 0 Å². The van der Waals surface area contributed by atoms with E-state index in [4.69, 9.17) is 14.5 Å². The number of benzene rings is 3. The van der Waals surface area contributed by atoms with Gasteiger partial charge in [0.1, 0.15) is 17.3 Å². The standard InChI is InChI=1S/C26H20IN3O3/c1-32-19-7-5-18(6-8-19)30-25(29-24-10-4-17(27)13-22(24)26(30)31)12-3-16-15-28-23-11-9-20(33-2)14-21(16)23/h3-15,28H,1-2H3. The van der Waals surface area contributed by atoms with Crippen molar-refractivity contribution in [1.29, 1.82) is 0 Å². The smallest absolute Gasteiger partial charge is 0.266 e. The van der Waals surface area contributed by atoms with Crippen molar-refractivity contribution in [3.8, 4) is 17.2 Å². The zero-order valence-corrected chi connectivity index (χ0v) is 20.2. The summed E-state index contributed by atoms with van der Waals surface area (Å²) in [6.07, 6.45) is 5.75. The minimum absolute atomic E-state index is 0.121. The molecule has 0 saturated heterocycles. The molecule has 33 heavy (non-hydrogen) atoms. The first-order valence-corrected chi connectivity index (χ1v) is 11.4. The van der Waals surface area contributed by atoms with E-state index >= 15 is 0 Å². The van der Waals surface area contributed by atoms with Crippen LogP contribution in [0.2, 0.25) is 0 Å². The van der Waals surface area contributed by atoms with Crippen LogP contribution < -0.4 is 15.0 Å². The van der Waals surface area contributed by atoms with Crippen LogP contribution in [-0.4, -0.2) is 28.8 Å². The summed E-state index contributed by atoms with van der Waals surface area (Å²) >= 11 is 2.21. The molecule has 7 heteroatoms. The molecule has 5 rings (SSSR count). The highest BCUT2D eigenvalue weighted by Gasteiger charge is 2.12. The molecule has 0 atom stereocenters. The lowest BCUT2D eigenvalue weighted by atomic mass is 10.1. The zero-order valence-electron chi connectivity index (χ0n) is 18.0. The van der Waals surface area contributed by atoms with Crippen LogP contribution in [0, 0.1) is 3.57 Å². The van der Waals surface area contributed by atoms with Gasteiger partial charge in [0.25, 0.3) is 5.56 Å². The predicted octanol–water partition coefficient (Wildman–Crippen LogP) is 5.66. The van der Waals surface area contributed by atoms with Crippen molar-refractivity contribution in [2.75, 3.05) is 14.2 Å². The molecule has 0 spiro atoms. The molecule has 5 aromatic rings. The van der Waals surface area contributed by atoms with Gasteiger partial charge < -0.3 is 14.5 Å². The van der Waals surface area contributed by atoms with Gasteiger partial charge in [-0.3, -0.25) is 9.36 Å². The molecule has 164 valence electrons. The molecular formula is C26H20IN3O3. The fourth-order valence-corrected chi connectivity index (χ4v) is 4.31. The molecule has 0 unspecified atom stereocenters. The molecule has 0 fully saturated rings.